The van der Waals surface area contributed by atoms with E-state index in [1.807, 2.05) is 52.8 Å². The van der Waals surface area contributed by atoms with Crippen molar-refractivity contribution in [2.45, 2.75) is 53.2 Å². The Morgan fingerprint density at radius 2 is 2.04 bits per heavy atom. The van der Waals surface area contributed by atoms with Gasteiger partial charge in [0.25, 0.3) is 0 Å². The number of rotatable bonds is 8. The summed E-state index contributed by atoms with van der Waals surface area (Å²) in [5, 5.41) is 6.89. The Labute approximate surface area is 160 Å². The fourth-order valence-electron chi connectivity index (χ4n) is 2.40. The third-order valence-corrected chi connectivity index (χ3v) is 4.51. The lowest BCUT2D eigenvalue weighted by atomic mass is 10.0. The summed E-state index contributed by atoms with van der Waals surface area (Å²) >= 11 is 0. The molecule has 0 fully saturated rings. The number of hydrogen-bond acceptors (Lipinski definition) is 5. The molecular formula is C21H28N2O4. The number of benzene rings is 1. The predicted molar refractivity (Wildman–Crippen MR) is 105 cm³/mol. The van der Waals surface area contributed by atoms with E-state index in [2.05, 4.69) is 10.5 Å². The molecule has 6 nitrogen and oxygen atoms in total. The number of nitrogens with one attached hydrogen (secondary N) is 1. The van der Waals surface area contributed by atoms with Crippen molar-refractivity contribution in [3.8, 4) is 11.5 Å². The molecule has 0 aliphatic carbocycles. The molecule has 1 aromatic carbocycles. The van der Waals surface area contributed by atoms with Crippen LogP contribution >= 0.6 is 0 Å². The van der Waals surface area contributed by atoms with Gasteiger partial charge in [-0.1, -0.05) is 18.1 Å². The average Bonchev–Trinajstić information content (AvgIpc) is 2.96. The zero-order valence-electron chi connectivity index (χ0n) is 16.9. The molecular weight excluding hydrogens is 344 g/mol. The van der Waals surface area contributed by atoms with Crippen LogP contribution in [0.5, 0.6) is 11.5 Å². The van der Waals surface area contributed by atoms with Crippen molar-refractivity contribution in [2.75, 3.05) is 7.11 Å². The van der Waals surface area contributed by atoms with Gasteiger partial charge >= 0.3 is 0 Å². The summed E-state index contributed by atoms with van der Waals surface area (Å²) in [6, 6.07) is 5.53. The van der Waals surface area contributed by atoms with Crippen LogP contribution in [0.1, 0.15) is 49.8 Å². The van der Waals surface area contributed by atoms with Gasteiger partial charge in [-0.05, 0) is 57.9 Å². The summed E-state index contributed by atoms with van der Waals surface area (Å²) in [5.74, 6) is 1.83. The Balaban J connectivity index is 2.07. The standard InChI is InChI=1S/C21H28N2O4/c1-7-21(4,5)22-20(24)11-9-16-8-10-18(19(12-16)25-6)26-13-17-14(2)23-27-15(17)3/h8-12H,7,13H2,1-6H3,(H,22,24)/b11-9+. The molecule has 2 aromatic rings. The van der Waals surface area contributed by atoms with Crippen LogP contribution in [0.15, 0.2) is 28.8 Å². The fraction of sp³-hybridized carbons (Fsp3) is 0.429. The highest BCUT2D eigenvalue weighted by Crippen LogP contribution is 2.30. The highest BCUT2D eigenvalue weighted by atomic mass is 16.5. The third kappa shape index (κ3) is 5.61. The number of methoxy groups -OCH3 is 1. The fourth-order valence-corrected chi connectivity index (χ4v) is 2.40. The predicted octanol–water partition coefficient (Wildman–Crippen LogP) is 4.20. The van der Waals surface area contributed by atoms with Crippen LogP contribution in [0.2, 0.25) is 0 Å². The Morgan fingerprint density at radius 3 is 2.63 bits per heavy atom. The summed E-state index contributed by atoms with van der Waals surface area (Å²) in [4.78, 5) is 12.0. The molecule has 1 N–H and O–H groups in total. The lowest BCUT2D eigenvalue weighted by Gasteiger charge is -2.23. The first-order valence-electron chi connectivity index (χ1n) is 8.98. The van der Waals surface area contributed by atoms with Crippen LogP contribution in [0.4, 0.5) is 0 Å². The van der Waals surface area contributed by atoms with E-state index in [0.29, 0.717) is 18.1 Å². The van der Waals surface area contributed by atoms with Crippen LogP contribution in [-0.2, 0) is 11.4 Å². The first-order valence-corrected chi connectivity index (χ1v) is 8.98. The molecule has 1 heterocycles. The molecule has 6 heteroatoms. The maximum Gasteiger partial charge on any atom is 0.244 e. The molecule has 0 atom stereocenters. The van der Waals surface area contributed by atoms with Gasteiger partial charge in [-0.3, -0.25) is 4.79 Å². The highest BCUT2D eigenvalue weighted by molar-refractivity contribution is 5.92. The van der Waals surface area contributed by atoms with Gasteiger partial charge < -0.3 is 19.3 Å². The lowest BCUT2D eigenvalue weighted by molar-refractivity contribution is -0.117. The maximum atomic E-state index is 12.0. The Morgan fingerprint density at radius 1 is 1.30 bits per heavy atom. The van der Waals surface area contributed by atoms with Crippen LogP contribution in [0, 0.1) is 13.8 Å². The van der Waals surface area contributed by atoms with E-state index < -0.39 is 0 Å². The number of carbonyl (C=O) groups is 1. The Bertz CT molecular complexity index is 802. The van der Waals surface area contributed by atoms with Crippen LogP contribution < -0.4 is 14.8 Å². The molecule has 0 unspecified atom stereocenters. The number of aromatic nitrogens is 1. The second-order valence-electron chi connectivity index (χ2n) is 7.06. The van der Waals surface area contributed by atoms with Crippen molar-refractivity contribution >= 4 is 12.0 Å². The first kappa shape index (κ1) is 20.6. The first-order chi connectivity index (χ1) is 12.8. The summed E-state index contributed by atoms with van der Waals surface area (Å²) in [6.07, 6.45) is 4.13. The number of carbonyl (C=O) groups excluding carboxylic acids is 1. The van der Waals surface area contributed by atoms with Gasteiger partial charge in [-0.25, -0.2) is 0 Å². The minimum atomic E-state index is -0.227. The molecule has 0 aliphatic rings. The summed E-state index contributed by atoms with van der Waals surface area (Å²) in [5.41, 5.74) is 2.36. The number of hydrogen-bond donors (Lipinski definition) is 1. The third-order valence-electron chi connectivity index (χ3n) is 4.51. The zero-order valence-corrected chi connectivity index (χ0v) is 16.9. The van der Waals surface area contributed by atoms with Crippen molar-refractivity contribution < 1.29 is 18.8 Å². The topological polar surface area (TPSA) is 73.6 Å². The van der Waals surface area contributed by atoms with E-state index in [1.165, 1.54) is 6.08 Å². The van der Waals surface area contributed by atoms with Gasteiger partial charge in [0.15, 0.2) is 11.5 Å². The summed E-state index contributed by atoms with van der Waals surface area (Å²) in [6.45, 7) is 10.1. The van der Waals surface area contributed by atoms with Crippen LogP contribution in [-0.4, -0.2) is 23.7 Å². The molecule has 0 saturated carbocycles. The van der Waals surface area contributed by atoms with E-state index >= 15 is 0 Å². The monoisotopic (exact) mass is 372 g/mol. The molecule has 2 rings (SSSR count). The van der Waals surface area contributed by atoms with Crippen LogP contribution in [0.25, 0.3) is 6.08 Å². The summed E-state index contributed by atoms with van der Waals surface area (Å²) in [7, 11) is 1.59. The molecule has 0 radical (unpaired) electrons. The normalized spacial score (nSPS) is 11.6. The molecule has 27 heavy (non-hydrogen) atoms. The van der Waals surface area contributed by atoms with E-state index in [9.17, 15) is 4.79 Å². The van der Waals surface area contributed by atoms with Crippen molar-refractivity contribution in [3.05, 3.63) is 46.9 Å². The van der Waals surface area contributed by atoms with Gasteiger partial charge in [0.05, 0.1) is 18.4 Å². The number of aryl methyl sites for hydroxylation is 2. The Hall–Kier alpha value is -2.76. The van der Waals surface area contributed by atoms with Gasteiger partial charge in [0.1, 0.15) is 12.4 Å². The second kappa shape index (κ2) is 8.75. The smallest absolute Gasteiger partial charge is 0.244 e. The minimum Gasteiger partial charge on any atom is -0.493 e. The number of ether oxygens (including phenoxy) is 2. The minimum absolute atomic E-state index is 0.125. The molecule has 146 valence electrons. The molecule has 0 bridgehead atoms. The Kier molecular flexibility index (Phi) is 6.66. The van der Waals surface area contributed by atoms with Crippen molar-refractivity contribution in [2.24, 2.45) is 0 Å². The highest BCUT2D eigenvalue weighted by Gasteiger charge is 2.16. The maximum absolute atomic E-state index is 12.0. The summed E-state index contributed by atoms with van der Waals surface area (Å²) < 4.78 is 16.4. The van der Waals surface area contributed by atoms with Gasteiger partial charge in [0.2, 0.25) is 5.91 Å². The van der Waals surface area contributed by atoms with E-state index in [1.54, 1.807) is 13.2 Å². The SMILES string of the molecule is CCC(C)(C)NC(=O)/C=C/c1ccc(OCc2c(C)noc2C)c(OC)c1. The molecule has 0 saturated heterocycles. The zero-order chi connectivity index (χ0) is 20.0. The van der Waals surface area contributed by atoms with Crippen LogP contribution in [0.3, 0.4) is 0 Å². The van der Waals surface area contributed by atoms with E-state index in [-0.39, 0.29) is 11.4 Å². The van der Waals surface area contributed by atoms with Gasteiger partial charge in [0, 0.05) is 11.6 Å². The van der Waals surface area contributed by atoms with E-state index in [4.69, 9.17) is 14.0 Å². The van der Waals surface area contributed by atoms with Crippen molar-refractivity contribution in [1.82, 2.24) is 10.5 Å². The van der Waals surface area contributed by atoms with Gasteiger partial charge in [-0.15, -0.1) is 0 Å². The van der Waals surface area contributed by atoms with Crippen molar-refractivity contribution in [1.29, 1.82) is 0 Å². The molecule has 0 aliphatic heterocycles. The lowest BCUT2D eigenvalue weighted by Crippen LogP contribution is -2.41. The molecule has 0 spiro atoms. The molecule has 1 aromatic heterocycles. The van der Waals surface area contributed by atoms with E-state index in [0.717, 1.165) is 29.0 Å². The van der Waals surface area contributed by atoms with Crippen molar-refractivity contribution in [3.63, 3.8) is 0 Å². The second-order valence-corrected chi connectivity index (χ2v) is 7.06. The average molecular weight is 372 g/mol. The van der Waals surface area contributed by atoms with Gasteiger partial charge in [-0.2, -0.15) is 0 Å². The largest absolute Gasteiger partial charge is 0.493 e. The molecule has 1 amide bonds. The quantitative estimate of drug-likeness (QED) is 0.703. The number of amides is 1. The number of nitrogens with zero attached hydrogens (tertiary/aromatic N) is 1.